The topological polar surface area (TPSA) is 26.0 Å². The van der Waals surface area contributed by atoms with Crippen LogP contribution >= 0.6 is 0 Å². The summed E-state index contributed by atoms with van der Waals surface area (Å²) in [7, 11) is 0. The predicted octanol–water partition coefficient (Wildman–Crippen LogP) is 4.22. The van der Waals surface area contributed by atoms with Gasteiger partial charge in [0.2, 0.25) is 0 Å². The Kier molecular flexibility index (Phi) is 4.83. The highest BCUT2D eigenvalue weighted by molar-refractivity contribution is 5.39. The third-order valence-electron chi connectivity index (χ3n) is 3.25. The minimum Gasteiger partial charge on any atom is -0.399 e. The molecule has 0 saturated heterocycles. The molecule has 0 aromatic heterocycles. The molecule has 0 aliphatic rings. The molecular formula is C17H21N. The Hall–Kier alpha value is -1.76. The summed E-state index contributed by atoms with van der Waals surface area (Å²) in [6.45, 7) is 0. The molecule has 18 heavy (non-hydrogen) atoms. The van der Waals surface area contributed by atoms with Gasteiger partial charge in [-0.3, -0.25) is 0 Å². The van der Waals surface area contributed by atoms with Gasteiger partial charge < -0.3 is 5.73 Å². The summed E-state index contributed by atoms with van der Waals surface area (Å²) in [6, 6.07) is 19.0. The fourth-order valence-corrected chi connectivity index (χ4v) is 2.16. The summed E-state index contributed by atoms with van der Waals surface area (Å²) in [5, 5.41) is 0. The van der Waals surface area contributed by atoms with Crippen LogP contribution in [-0.2, 0) is 12.8 Å². The van der Waals surface area contributed by atoms with Crippen molar-refractivity contribution in [1.29, 1.82) is 0 Å². The molecule has 2 aromatic carbocycles. The van der Waals surface area contributed by atoms with E-state index in [4.69, 9.17) is 5.73 Å². The first-order valence-electron chi connectivity index (χ1n) is 6.73. The molecule has 0 bridgehead atoms. The molecule has 0 heterocycles. The first-order chi connectivity index (χ1) is 8.84. The van der Waals surface area contributed by atoms with Gasteiger partial charge >= 0.3 is 0 Å². The summed E-state index contributed by atoms with van der Waals surface area (Å²) in [6.07, 6.45) is 6.19. The minimum absolute atomic E-state index is 0.850. The second kappa shape index (κ2) is 6.85. The van der Waals surface area contributed by atoms with Gasteiger partial charge in [0.1, 0.15) is 0 Å². The van der Waals surface area contributed by atoms with Crippen LogP contribution in [0.1, 0.15) is 30.4 Å². The lowest BCUT2D eigenvalue weighted by Gasteiger charge is -2.03. The molecule has 0 radical (unpaired) electrons. The molecule has 0 saturated carbocycles. The number of nitrogens with two attached hydrogens (primary N) is 1. The van der Waals surface area contributed by atoms with E-state index < -0.39 is 0 Å². The normalized spacial score (nSPS) is 10.4. The van der Waals surface area contributed by atoms with E-state index in [9.17, 15) is 0 Å². The maximum Gasteiger partial charge on any atom is 0.0314 e. The Labute approximate surface area is 110 Å². The Morgan fingerprint density at radius 2 is 1.17 bits per heavy atom. The van der Waals surface area contributed by atoms with Crippen LogP contribution in [0, 0.1) is 0 Å². The maximum absolute atomic E-state index is 5.67. The quantitative estimate of drug-likeness (QED) is 0.592. The van der Waals surface area contributed by atoms with Crippen LogP contribution in [0.5, 0.6) is 0 Å². The van der Waals surface area contributed by atoms with Crippen LogP contribution in [0.2, 0.25) is 0 Å². The van der Waals surface area contributed by atoms with Crippen molar-refractivity contribution in [3.05, 3.63) is 65.7 Å². The van der Waals surface area contributed by atoms with E-state index in [2.05, 4.69) is 42.5 Å². The first-order valence-corrected chi connectivity index (χ1v) is 6.73. The molecule has 2 rings (SSSR count). The van der Waals surface area contributed by atoms with Gasteiger partial charge in [0.25, 0.3) is 0 Å². The van der Waals surface area contributed by atoms with E-state index in [1.807, 2.05) is 12.1 Å². The standard InChI is InChI=1S/C17H21N/c18-17-13-11-16(12-14-17)10-6-2-5-9-15-7-3-1-4-8-15/h1,3-4,7-8,11-14H,2,5-6,9-10,18H2. The van der Waals surface area contributed by atoms with Crippen molar-refractivity contribution in [2.45, 2.75) is 32.1 Å². The number of unbranched alkanes of at least 4 members (excludes halogenated alkanes) is 2. The summed E-state index contributed by atoms with van der Waals surface area (Å²) in [5.74, 6) is 0. The van der Waals surface area contributed by atoms with Crippen molar-refractivity contribution in [2.75, 3.05) is 5.73 Å². The molecule has 2 aromatic rings. The molecule has 0 aliphatic carbocycles. The number of nitrogen functional groups attached to an aromatic ring is 1. The highest BCUT2D eigenvalue weighted by atomic mass is 14.5. The van der Waals surface area contributed by atoms with Gasteiger partial charge in [-0.1, -0.05) is 48.9 Å². The van der Waals surface area contributed by atoms with Gasteiger partial charge in [-0.15, -0.1) is 0 Å². The van der Waals surface area contributed by atoms with Crippen LogP contribution in [0.3, 0.4) is 0 Å². The van der Waals surface area contributed by atoms with Gasteiger partial charge in [0, 0.05) is 5.69 Å². The monoisotopic (exact) mass is 239 g/mol. The molecule has 1 heteroatoms. The van der Waals surface area contributed by atoms with Crippen LogP contribution in [0.15, 0.2) is 54.6 Å². The van der Waals surface area contributed by atoms with Crippen LogP contribution in [0.25, 0.3) is 0 Å². The summed E-state index contributed by atoms with van der Waals surface area (Å²) in [5.41, 5.74) is 9.36. The van der Waals surface area contributed by atoms with E-state index in [-0.39, 0.29) is 0 Å². The molecular weight excluding hydrogens is 218 g/mol. The fraction of sp³-hybridized carbons (Fsp3) is 0.294. The van der Waals surface area contributed by atoms with Gasteiger partial charge in [-0.25, -0.2) is 0 Å². The molecule has 0 fully saturated rings. The molecule has 0 spiro atoms. The SMILES string of the molecule is Nc1ccc(CCCCCc2ccccc2)cc1. The number of hydrogen-bond donors (Lipinski definition) is 1. The molecule has 94 valence electrons. The fourth-order valence-electron chi connectivity index (χ4n) is 2.16. The Morgan fingerprint density at radius 3 is 1.78 bits per heavy atom. The largest absolute Gasteiger partial charge is 0.399 e. The van der Waals surface area contributed by atoms with Gasteiger partial charge in [0.05, 0.1) is 0 Å². The summed E-state index contributed by atoms with van der Waals surface area (Å²) in [4.78, 5) is 0. The van der Waals surface area contributed by atoms with E-state index in [1.54, 1.807) is 0 Å². The second-order valence-corrected chi connectivity index (χ2v) is 4.79. The molecule has 0 amide bonds. The molecule has 0 aliphatic heterocycles. The lowest BCUT2D eigenvalue weighted by molar-refractivity contribution is 0.678. The predicted molar refractivity (Wildman–Crippen MR) is 78.6 cm³/mol. The van der Waals surface area contributed by atoms with Crippen molar-refractivity contribution in [3.8, 4) is 0 Å². The highest BCUT2D eigenvalue weighted by Crippen LogP contribution is 2.11. The number of benzene rings is 2. The number of hydrogen-bond acceptors (Lipinski definition) is 1. The Morgan fingerprint density at radius 1 is 0.611 bits per heavy atom. The third kappa shape index (κ3) is 4.25. The van der Waals surface area contributed by atoms with Gasteiger partial charge in [0.15, 0.2) is 0 Å². The van der Waals surface area contributed by atoms with Crippen LogP contribution in [-0.4, -0.2) is 0 Å². The number of anilines is 1. The van der Waals surface area contributed by atoms with Crippen molar-refractivity contribution in [1.82, 2.24) is 0 Å². The first kappa shape index (κ1) is 12.7. The third-order valence-corrected chi connectivity index (χ3v) is 3.25. The van der Waals surface area contributed by atoms with Crippen molar-refractivity contribution >= 4 is 5.69 Å². The van der Waals surface area contributed by atoms with Crippen molar-refractivity contribution < 1.29 is 0 Å². The molecule has 0 atom stereocenters. The zero-order valence-corrected chi connectivity index (χ0v) is 10.8. The summed E-state index contributed by atoms with van der Waals surface area (Å²) < 4.78 is 0. The highest BCUT2D eigenvalue weighted by Gasteiger charge is 1.95. The van der Waals surface area contributed by atoms with Crippen LogP contribution in [0.4, 0.5) is 5.69 Å². The van der Waals surface area contributed by atoms with Crippen LogP contribution < -0.4 is 5.73 Å². The van der Waals surface area contributed by atoms with Gasteiger partial charge in [-0.2, -0.15) is 0 Å². The number of rotatable bonds is 6. The zero-order valence-electron chi connectivity index (χ0n) is 10.8. The van der Waals surface area contributed by atoms with E-state index in [1.165, 1.54) is 36.8 Å². The lowest BCUT2D eigenvalue weighted by atomic mass is 10.0. The Balaban J connectivity index is 1.63. The zero-order chi connectivity index (χ0) is 12.6. The number of aryl methyl sites for hydroxylation is 2. The average Bonchev–Trinajstić information content (AvgIpc) is 2.42. The lowest BCUT2D eigenvalue weighted by Crippen LogP contribution is -1.90. The Bertz CT molecular complexity index is 445. The average molecular weight is 239 g/mol. The molecule has 0 unspecified atom stereocenters. The smallest absolute Gasteiger partial charge is 0.0314 e. The maximum atomic E-state index is 5.67. The van der Waals surface area contributed by atoms with E-state index in [0.717, 1.165) is 12.1 Å². The van der Waals surface area contributed by atoms with Gasteiger partial charge in [-0.05, 0) is 48.9 Å². The van der Waals surface area contributed by atoms with E-state index in [0.29, 0.717) is 0 Å². The van der Waals surface area contributed by atoms with Crippen molar-refractivity contribution in [2.24, 2.45) is 0 Å². The summed E-state index contributed by atoms with van der Waals surface area (Å²) >= 11 is 0. The van der Waals surface area contributed by atoms with E-state index >= 15 is 0 Å². The van der Waals surface area contributed by atoms with Crippen molar-refractivity contribution in [3.63, 3.8) is 0 Å². The molecule has 2 N–H and O–H groups in total. The molecule has 1 nitrogen and oxygen atoms in total. The minimum atomic E-state index is 0.850. The second-order valence-electron chi connectivity index (χ2n) is 4.79.